The lowest BCUT2D eigenvalue weighted by molar-refractivity contribution is -0.134. The van der Waals surface area contributed by atoms with Gasteiger partial charge in [-0.15, -0.1) is 0 Å². The molecule has 0 spiro atoms. The summed E-state index contributed by atoms with van der Waals surface area (Å²) in [5, 5.41) is 0. The van der Waals surface area contributed by atoms with Crippen LogP contribution in [0.1, 0.15) is 23.7 Å². The number of rotatable bonds is 4. The van der Waals surface area contributed by atoms with Crippen LogP contribution in [0, 0.1) is 0 Å². The Hall–Kier alpha value is -1.71. The predicted molar refractivity (Wildman–Crippen MR) is 50.0 cm³/mol. The second kappa shape index (κ2) is 4.00. The molecule has 0 amide bonds. The maximum Gasteiger partial charge on any atom is 0.205 e. The zero-order valence-corrected chi connectivity index (χ0v) is 8.11. The quantitative estimate of drug-likeness (QED) is 0.403. The van der Waals surface area contributed by atoms with Crippen molar-refractivity contribution in [2.24, 2.45) is 7.05 Å². The first-order valence-corrected chi connectivity index (χ1v) is 4.19. The average Bonchev–Trinajstić information content (AvgIpc) is 2.51. The molecule has 1 rings (SSSR count). The predicted octanol–water partition coefficient (Wildman–Crippen LogP) is 0.756. The third-order valence-corrected chi connectivity index (χ3v) is 1.87. The van der Waals surface area contributed by atoms with Gasteiger partial charge in [0.25, 0.3) is 0 Å². The highest BCUT2D eigenvalue weighted by atomic mass is 16.2. The molecule has 1 aromatic heterocycles. The monoisotopic (exact) mass is 193 g/mol. The minimum absolute atomic E-state index is 0.314. The summed E-state index contributed by atoms with van der Waals surface area (Å²) in [7, 11) is 1.78. The van der Waals surface area contributed by atoms with Crippen LogP contribution in [0.5, 0.6) is 0 Å². The topological polar surface area (TPSA) is 56.1 Å². The summed E-state index contributed by atoms with van der Waals surface area (Å²) in [6, 6.07) is 1.62. The van der Waals surface area contributed by atoms with E-state index in [1.54, 1.807) is 30.1 Å². The normalized spacial score (nSPS) is 9.86. The van der Waals surface area contributed by atoms with Gasteiger partial charge >= 0.3 is 0 Å². The Labute approximate surface area is 81.5 Å². The average molecular weight is 193 g/mol. The number of ketones is 3. The van der Waals surface area contributed by atoms with Gasteiger partial charge < -0.3 is 4.57 Å². The molecule has 0 aliphatic carbocycles. The number of carbonyl (C=O) groups excluding carboxylic acids is 3. The second-order valence-corrected chi connectivity index (χ2v) is 3.14. The maximum atomic E-state index is 11.4. The maximum absolute atomic E-state index is 11.4. The zero-order chi connectivity index (χ0) is 10.7. The Balaban J connectivity index is 2.68. The Morgan fingerprint density at radius 2 is 2.00 bits per heavy atom. The van der Waals surface area contributed by atoms with E-state index in [0.29, 0.717) is 5.56 Å². The first-order chi connectivity index (χ1) is 6.50. The fourth-order valence-corrected chi connectivity index (χ4v) is 1.04. The molecule has 0 aromatic carbocycles. The Bertz CT molecular complexity index is 390. The summed E-state index contributed by atoms with van der Waals surface area (Å²) in [4.78, 5) is 33.0. The molecular formula is C10H11NO3. The molecule has 74 valence electrons. The van der Waals surface area contributed by atoms with Gasteiger partial charge in [-0.3, -0.25) is 14.4 Å². The summed E-state index contributed by atoms with van der Waals surface area (Å²) in [5.41, 5.74) is 0.460. The fourth-order valence-electron chi connectivity index (χ4n) is 1.04. The molecule has 0 N–H and O–H groups in total. The van der Waals surface area contributed by atoms with Gasteiger partial charge in [0.05, 0.1) is 6.42 Å². The molecule has 4 nitrogen and oxygen atoms in total. The van der Waals surface area contributed by atoms with Crippen LogP contribution in [0.15, 0.2) is 18.5 Å². The first-order valence-electron chi connectivity index (χ1n) is 4.19. The highest BCUT2D eigenvalue weighted by Crippen LogP contribution is 2.04. The van der Waals surface area contributed by atoms with E-state index in [2.05, 4.69) is 0 Å². The van der Waals surface area contributed by atoms with Crippen molar-refractivity contribution in [3.63, 3.8) is 0 Å². The second-order valence-electron chi connectivity index (χ2n) is 3.14. The molecule has 1 aromatic rings. The summed E-state index contributed by atoms with van der Waals surface area (Å²) in [6.45, 7) is 1.17. The molecule has 14 heavy (non-hydrogen) atoms. The van der Waals surface area contributed by atoms with E-state index in [1.165, 1.54) is 6.92 Å². The summed E-state index contributed by atoms with van der Waals surface area (Å²) in [6.07, 6.45) is 3.00. The zero-order valence-electron chi connectivity index (χ0n) is 8.11. The molecule has 0 bridgehead atoms. The molecule has 0 fully saturated rings. The van der Waals surface area contributed by atoms with Gasteiger partial charge in [0.2, 0.25) is 5.78 Å². The van der Waals surface area contributed by atoms with Gasteiger partial charge in [-0.1, -0.05) is 0 Å². The number of nitrogens with zero attached hydrogens (tertiary/aromatic N) is 1. The summed E-state index contributed by atoms with van der Waals surface area (Å²) in [5.74, 6) is -1.53. The highest BCUT2D eigenvalue weighted by Gasteiger charge is 2.15. The fraction of sp³-hybridized carbons (Fsp3) is 0.300. The molecule has 4 heteroatoms. The number of aromatic nitrogens is 1. The van der Waals surface area contributed by atoms with Gasteiger partial charge in [0.15, 0.2) is 11.6 Å². The molecule has 0 aliphatic rings. The molecular weight excluding hydrogens is 182 g/mol. The van der Waals surface area contributed by atoms with Gasteiger partial charge in [0, 0.05) is 31.9 Å². The largest absolute Gasteiger partial charge is 0.357 e. The van der Waals surface area contributed by atoms with Gasteiger partial charge in [0.1, 0.15) is 0 Å². The van der Waals surface area contributed by atoms with Crippen molar-refractivity contribution in [1.29, 1.82) is 0 Å². The standard InChI is InChI=1S/C10H11NO3/c1-7(12)9(13)5-10(14)8-3-4-11(2)6-8/h3-4,6H,5H2,1-2H3. The Kier molecular flexibility index (Phi) is 2.96. The van der Waals surface area contributed by atoms with Crippen molar-refractivity contribution >= 4 is 17.3 Å². The van der Waals surface area contributed by atoms with Crippen molar-refractivity contribution in [2.45, 2.75) is 13.3 Å². The van der Waals surface area contributed by atoms with Crippen LogP contribution >= 0.6 is 0 Å². The molecule has 0 unspecified atom stereocenters. The van der Waals surface area contributed by atoms with E-state index in [0.717, 1.165) is 0 Å². The van der Waals surface area contributed by atoms with Gasteiger partial charge in [-0.25, -0.2) is 0 Å². The van der Waals surface area contributed by atoms with Gasteiger partial charge in [-0.2, -0.15) is 0 Å². The summed E-state index contributed by atoms with van der Waals surface area (Å²) < 4.78 is 1.71. The lowest BCUT2D eigenvalue weighted by Crippen LogP contribution is -2.14. The summed E-state index contributed by atoms with van der Waals surface area (Å²) >= 11 is 0. The van der Waals surface area contributed by atoms with E-state index in [9.17, 15) is 14.4 Å². The van der Waals surface area contributed by atoms with E-state index >= 15 is 0 Å². The first kappa shape index (κ1) is 10.4. The molecule has 0 saturated carbocycles. The van der Waals surface area contributed by atoms with Crippen molar-refractivity contribution in [3.05, 3.63) is 24.0 Å². The number of aryl methyl sites for hydroxylation is 1. The van der Waals surface area contributed by atoms with Crippen LogP contribution in [0.2, 0.25) is 0 Å². The molecule has 0 saturated heterocycles. The van der Waals surface area contributed by atoms with Crippen molar-refractivity contribution in [1.82, 2.24) is 4.57 Å². The lowest BCUT2D eigenvalue weighted by Gasteiger charge is -1.94. The van der Waals surface area contributed by atoms with Crippen LogP contribution in [0.3, 0.4) is 0 Å². The van der Waals surface area contributed by atoms with Crippen LogP contribution in [-0.2, 0) is 16.6 Å². The molecule has 1 heterocycles. The number of hydrogen-bond acceptors (Lipinski definition) is 3. The Morgan fingerprint density at radius 1 is 1.36 bits per heavy atom. The third kappa shape index (κ3) is 2.39. The lowest BCUT2D eigenvalue weighted by atomic mass is 10.1. The minimum Gasteiger partial charge on any atom is -0.357 e. The van der Waals surface area contributed by atoms with Crippen molar-refractivity contribution in [3.8, 4) is 0 Å². The highest BCUT2D eigenvalue weighted by molar-refractivity contribution is 6.40. The van der Waals surface area contributed by atoms with E-state index in [-0.39, 0.29) is 12.2 Å². The van der Waals surface area contributed by atoms with Gasteiger partial charge in [-0.05, 0) is 6.07 Å². The third-order valence-electron chi connectivity index (χ3n) is 1.87. The number of carbonyl (C=O) groups is 3. The number of hydrogen-bond donors (Lipinski definition) is 0. The SMILES string of the molecule is CC(=O)C(=O)CC(=O)c1ccn(C)c1. The van der Waals surface area contributed by atoms with Crippen LogP contribution in [-0.4, -0.2) is 21.9 Å². The van der Waals surface area contributed by atoms with E-state index in [1.807, 2.05) is 0 Å². The Morgan fingerprint density at radius 3 is 2.43 bits per heavy atom. The van der Waals surface area contributed by atoms with Crippen LogP contribution in [0.25, 0.3) is 0 Å². The van der Waals surface area contributed by atoms with Crippen molar-refractivity contribution < 1.29 is 14.4 Å². The molecule has 0 aliphatic heterocycles. The van der Waals surface area contributed by atoms with E-state index < -0.39 is 11.6 Å². The smallest absolute Gasteiger partial charge is 0.205 e. The molecule has 0 atom stereocenters. The molecule has 0 radical (unpaired) electrons. The van der Waals surface area contributed by atoms with Crippen molar-refractivity contribution in [2.75, 3.05) is 0 Å². The number of Topliss-reactive ketones (excluding diaryl/α,β-unsaturated/α-hetero) is 3. The minimum atomic E-state index is -0.640. The van der Waals surface area contributed by atoms with Crippen LogP contribution < -0.4 is 0 Å². The van der Waals surface area contributed by atoms with Crippen LogP contribution in [0.4, 0.5) is 0 Å². The van der Waals surface area contributed by atoms with E-state index in [4.69, 9.17) is 0 Å².